The molecule has 1 N–H and O–H groups in total. The molecule has 0 bridgehead atoms. The lowest BCUT2D eigenvalue weighted by Crippen LogP contribution is -2.26. The number of methoxy groups -OCH3 is 1. The van der Waals surface area contributed by atoms with Crippen LogP contribution < -0.4 is 15.0 Å². The highest BCUT2D eigenvalue weighted by molar-refractivity contribution is 5.86. The minimum Gasteiger partial charge on any atom is -0.479 e. The Bertz CT molecular complexity index is 1100. The van der Waals surface area contributed by atoms with Gasteiger partial charge < -0.3 is 15.0 Å². The fourth-order valence-corrected chi connectivity index (χ4v) is 4.55. The van der Waals surface area contributed by atoms with E-state index >= 15 is 0 Å². The van der Waals surface area contributed by atoms with E-state index in [1.165, 1.54) is 24.1 Å². The van der Waals surface area contributed by atoms with Crippen molar-refractivity contribution in [2.24, 2.45) is 7.05 Å². The zero-order valence-electron chi connectivity index (χ0n) is 18.9. The van der Waals surface area contributed by atoms with Crippen LogP contribution in [0, 0.1) is 13.8 Å². The van der Waals surface area contributed by atoms with Crippen molar-refractivity contribution in [3.8, 4) is 5.88 Å². The molecule has 3 aromatic rings. The Morgan fingerprint density at radius 2 is 1.94 bits per heavy atom. The summed E-state index contributed by atoms with van der Waals surface area (Å²) in [6.45, 7) is 6.79. The first-order chi connectivity index (χ1) is 15.0. The van der Waals surface area contributed by atoms with E-state index in [4.69, 9.17) is 9.72 Å². The lowest BCUT2D eigenvalue weighted by molar-refractivity contribution is -0.121. The van der Waals surface area contributed by atoms with Crippen molar-refractivity contribution in [3.63, 3.8) is 0 Å². The molecule has 1 aliphatic rings. The molecule has 4 rings (SSSR count). The number of hydrogen-bond donors (Lipinski definition) is 1. The molecule has 1 amide bonds. The second kappa shape index (κ2) is 8.96. The third-order valence-corrected chi connectivity index (χ3v) is 6.23. The number of carbonyl (C=O) groups is 1. The van der Waals surface area contributed by atoms with E-state index in [2.05, 4.69) is 40.4 Å². The highest BCUT2D eigenvalue weighted by Crippen LogP contribution is 2.30. The van der Waals surface area contributed by atoms with E-state index in [1.54, 1.807) is 11.8 Å². The highest BCUT2D eigenvalue weighted by atomic mass is 16.5. The summed E-state index contributed by atoms with van der Waals surface area (Å²) < 4.78 is 7.17. The van der Waals surface area contributed by atoms with Gasteiger partial charge in [0.05, 0.1) is 12.5 Å². The Hall–Kier alpha value is -3.09. The summed E-state index contributed by atoms with van der Waals surface area (Å²) in [7, 11) is 3.48. The van der Waals surface area contributed by atoms with Crippen LogP contribution in [0.3, 0.4) is 0 Å². The summed E-state index contributed by atoms with van der Waals surface area (Å²) in [5.41, 5.74) is 6.33. The molecular weight excluding hydrogens is 390 g/mol. The van der Waals surface area contributed by atoms with Gasteiger partial charge in [-0.2, -0.15) is 0 Å². The summed E-state index contributed by atoms with van der Waals surface area (Å²) in [6.07, 6.45) is 3.53. The van der Waals surface area contributed by atoms with E-state index < -0.39 is 0 Å². The molecule has 0 spiro atoms. The van der Waals surface area contributed by atoms with Crippen molar-refractivity contribution in [2.75, 3.05) is 25.1 Å². The van der Waals surface area contributed by atoms with Gasteiger partial charge in [-0.3, -0.25) is 4.79 Å². The van der Waals surface area contributed by atoms with Gasteiger partial charge in [-0.1, -0.05) is 18.2 Å². The smallest absolute Gasteiger partial charge is 0.242 e. The number of amides is 1. The van der Waals surface area contributed by atoms with Gasteiger partial charge in [0.15, 0.2) is 5.65 Å². The number of nitrogens with one attached hydrogen (secondary N) is 1. The molecule has 1 aromatic carbocycles. The SMILES string of the molecule is COc1nn(C)c2nc(C)c(CCC(=O)NCc3ccccc3N3CCCC3)c(C)c12. The maximum absolute atomic E-state index is 12.6. The van der Waals surface area contributed by atoms with Gasteiger partial charge >= 0.3 is 0 Å². The van der Waals surface area contributed by atoms with Crippen LogP contribution >= 0.6 is 0 Å². The molecule has 1 aliphatic heterocycles. The summed E-state index contributed by atoms with van der Waals surface area (Å²) >= 11 is 0. The molecule has 0 saturated carbocycles. The van der Waals surface area contributed by atoms with Crippen molar-refractivity contribution in [1.29, 1.82) is 0 Å². The van der Waals surface area contributed by atoms with E-state index in [0.717, 1.165) is 40.9 Å². The van der Waals surface area contributed by atoms with Gasteiger partial charge in [-0.05, 0) is 55.9 Å². The molecule has 164 valence electrons. The molecule has 1 saturated heterocycles. The fraction of sp³-hybridized carbons (Fsp3) is 0.458. The Morgan fingerprint density at radius 1 is 1.19 bits per heavy atom. The molecule has 7 heteroatoms. The Kier molecular flexibility index (Phi) is 6.11. The molecule has 2 aromatic heterocycles. The van der Waals surface area contributed by atoms with E-state index in [1.807, 2.05) is 20.0 Å². The third-order valence-electron chi connectivity index (χ3n) is 6.23. The van der Waals surface area contributed by atoms with Gasteiger partial charge in [-0.25, -0.2) is 9.67 Å². The van der Waals surface area contributed by atoms with Crippen molar-refractivity contribution in [2.45, 2.75) is 46.1 Å². The number of ether oxygens (including phenoxy) is 1. The van der Waals surface area contributed by atoms with Crippen molar-refractivity contribution in [3.05, 3.63) is 46.6 Å². The maximum atomic E-state index is 12.6. The number of para-hydroxylation sites is 1. The van der Waals surface area contributed by atoms with E-state index in [9.17, 15) is 4.79 Å². The quantitative estimate of drug-likeness (QED) is 0.633. The predicted octanol–water partition coefficient (Wildman–Crippen LogP) is 3.44. The molecule has 0 radical (unpaired) electrons. The number of fused-ring (bicyclic) bond motifs is 1. The number of carbonyl (C=O) groups excluding carboxylic acids is 1. The lowest BCUT2D eigenvalue weighted by Gasteiger charge is -2.21. The van der Waals surface area contributed by atoms with Crippen LogP contribution in [0.15, 0.2) is 24.3 Å². The van der Waals surface area contributed by atoms with Gasteiger partial charge in [0.25, 0.3) is 0 Å². The number of aromatic nitrogens is 3. The summed E-state index contributed by atoms with van der Waals surface area (Å²) in [5.74, 6) is 0.625. The van der Waals surface area contributed by atoms with Crippen molar-refractivity contribution in [1.82, 2.24) is 20.1 Å². The molecular formula is C24H31N5O2. The molecule has 7 nitrogen and oxygen atoms in total. The molecule has 1 fully saturated rings. The van der Waals surface area contributed by atoms with Gasteiger partial charge in [0.2, 0.25) is 11.8 Å². The average Bonchev–Trinajstić information content (AvgIpc) is 3.40. The Morgan fingerprint density at radius 3 is 2.68 bits per heavy atom. The second-order valence-corrected chi connectivity index (χ2v) is 8.23. The predicted molar refractivity (Wildman–Crippen MR) is 123 cm³/mol. The molecule has 0 atom stereocenters. The summed E-state index contributed by atoms with van der Waals surface area (Å²) in [6, 6.07) is 8.37. The number of nitrogens with zero attached hydrogens (tertiary/aromatic N) is 4. The number of rotatable bonds is 7. The second-order valence-electron chi connectivity index (χ2n) is 8.23. The average molecular weight is 422 g/mol. The first-order valence-corrected chi connectivity index (χ1v) is 11.0. The number of hydrogen-bond acceptors (Lipinski definition) is 5. The Balaban J connectivity index is 1.43. The Labute approximate surface area is 183 Å². The summed E-state index contributed by atoms with van der Waals surface area (Å²) in [4.78, 5) is 19.8. The minimum atomic E-state index is 0.0493. The van der Waals surface area contributed by atoms with Crippen LogP contribution in [0.4, 0.5) is 5.69 Å². The first kappa shape index (κ1) is 21.2. The van der Waals surface area contributed by atoms with Crippen molar-refractivity contribution >= 4 is 22.6 Å². The standard InChI is InChI=1S/C24H31N5O2/c1-16-19(17(2)26-23-22(16)24(31-4)27-28(23)3)11-12-21(30)25-15-18-9-5-6-10-20(18)29-13-7-8-14-29/h5-6,9-10H,7-8,11-15H2,1-4H3,(H,25,30). The normalized spacial score (nSPS) is 13.7. The van der Waals surface area contributed by atoms with Crippen molar-refractivity contribution < 1.29 is 9.53 Å². The van der Waals surface area contributed by atoms with Crippen LogP contribution in [0.2, 0.25) is 0 Å². The third kappa shape index (κ3) is 4.22. The van der Waals surface area contributed by atoms with E-state index in [-0.39, 0.29) is 5.91 Å². The largest absolute Gasteiger partial charge is 0.479 e. The topological polar surface area (TPSA) is 72.3 Å². The maximum Gasteiger partial charge on any atom is 0.242 e. The molecule has 0 aliphatic carbocycles. The molecule has 31 heavy (non-hydrogen) atoms. The fourth-order valence-electron chi connectivity index (χ4n) is 4.55. The van der Waals surface area contributed by atoms with Crippen LogP contribution in [-0.4, -0.2) is 40.9 Å². The monoisotopic (exact) mass is 421 g/mol. The lowest BCUT2D eigenvalue weighted by atomic mass is 10.00. The molecule has 0 unspecified atom stereocenters. The van der Waals surface area contributed by atoms with Crippen LogP contribution in [0.25, 0.3) is 11.0 Å². The molecule has 3 heterocycles. The number of anilines is 1. The summed E-state index contributed by atoms with van der Waals surface area (Å²) in [5, 5.41) is 8.43. The number of pyridine rings is 1. The van der Waals surface area contributed by atoms with Crippen LogP contribution in [-0.2, 0) is 24.8 Å². The van der Waals surface area contributed by atoms with Gasteiger partial charge in [0.1, 0.15) is 0 Å². The minimum absolute atomic E-state index is 0.0493. The number of aryl methyl sites for hydroxylation is 3. The van der Waals surface area contributed by atoms with Crippen LogP contribution in [0.1, 0.15) is 41.6 Å². The first-order valence-electron chi connectivity index (χ1n) is 11.0. The highest BCUT2D eigenvalue weighted by Gasteiger charge is 2.19. The zero-order chi connectivity index (χ0) is 22.0. The number of benzene rings is 1. The zero-order valence-corrected chi connectivity index (χ0v) is 18.9. The van der Waals surface area contributed by atoms with Gasteiger partial charge in [0, 0.05) is 44.5 Å². The van der Waals surface area contributed by atoms with Crippen LogP contribution in [0.5, 0.6) is 5.88 Å². The van der Waals surface area contributed by atoms with E-state index in [0.29, 0.717) is 25.3 Å². The van der Waals surface area contributed by atoms with Gasteiger partial charge in [-0.15, -0.1) is 5.10 Å².